The average molecular weight is 199 g/mol. The van der Waals surface area contributed by atoms with Crippen LogP contribution in [0, 0.1) is 0 Å². The van der Waals surface area contributed by atoms with Crippen molar-refractivity contribution in [2.75, 3.05) is 30.9 Å². The van der Waals surface area contributed by atoms with Crippen molar-refractivity contribution in [2.24, 2.45) is 0 Å². The van der Waals surface area contributed by atoms with Crippen LogP contribution in [-0.4, -0.2) is 20.6 Å². The van der Waals surface area contributed by atoms with Gasteiger partial charge in [0.05, 0.1) is 16.4 Å². The van der Waals surface area contributed by atoms with Crippen molar-refractivity contribution in [1.82, 2.24) is 0 Å². The Morgan fingerprint density at radius 1 is 1.38 bits per heavy atom. The zero-order valence-electron chi connectivity index (χ0n) is 8.26. The molecule has 0 unspecified atom stereocenters. The molecule has 0 aliphatic heterocycles. The third-order valence-electron chi connectivity index (χ3n) is 1.80. The van der Waals surface area contributed by atoms with Gasteiger partial charge in [-0.15, -0.1) is 0 Å². The average Bonchev–Trinajstić information content (AvgIpc) is 2.04. The largest absolute Gasteiger partial charge is 0.384 e. The van der Waals surface area contributed by atoms with E-state index in [0.717, 1.165) is 22.9 Å². The van der Waals surface area contributed by atoms with Crippen LogP contribution in [0.1, 0.15) is 6.92 Å². The maximum Gasteiger partial charge on any atom is 0.0786 e. The highest BCUT2D eigenvalue weighted by molar-refractivity contribution is 6.34. The van der Waals surface area contributed by atoms with Crippen LogP contribution < -0.4 is 10.2 Å². The van der Waals surface area contributed by atoms with E-state index in [-0.39, 0.29) is 0 Å². The predicted molar refractivity (Wildman–Crippen MR) is 59.9 cm³/mol. The topological polar surface area (TPSA) is 15.3 Å². The van der Waals surface area contributed by atoms with Crippen molar-refractivity contribution in [1.29, 1.82) is 0 Å². The summed E-state index contributed by atoms with van der Waals surface area (Å²) in [5.74, 6) is 0. The van der Waals surface area contributed by atoms with E-state index in [2.05, 4.69) is 12.2 Å². The molecule has 0 spiro atoms. The first-order valence-corrected chi connectivity index (χ1v) is 4.74. The van der Waals surface area contributed by atoms with E-state index >= 15 is 0 Å². The number of anilines is 2. The third-order valence-corrected chi connectivity index (χ3v) is 2.11. The molecule has 0 aromatic heterocycles. The van der Waals surface area contributed by atoms with Crippen LogP contribution in [0.5, 0.6) is 0 Å². The molecule has 0 heterocycles. The van der Waals surface area contributed by atoms with Crippen LogP contribution in [-0.2, 0) is 0 Å². The fraction of sp³-hybridized carbons (Fsp3) is 0.400. The first-order valence-electron chi connectivity index (χ1n) is 4.36. The lowest BCUT2D eigenvalue weighted by molar-refractivity contribution is 1.12. The number of rotatable bonds is 3. The van der Waals surface area contributed by atoms with E-state index < -0.39 is 0 Å². The van der Waals surface area contributed by atoms with Crippen LogP contribution in [0.25, 0.3) is 0 Å². The van der Waals surface area contributed by atoms with E-state index in [4.69, 9.17) is 11.6 Å². The summed E-state index contributed by atoms with van der Waals surface area (Å²) in [6.07, 6.45) is 0. The number of nitrogens with zero attached hydrogens (tertiary/aromatic N) is 1. The zero-order valence-corrected chi connectivity index (χ0v) is 9.02. The molecule has 0 radical (unpaired) electrons. The van der Waals surface area contributed by atoms with Gasteiger partial charge in [-0.1, -0.05) is 17.7 Å². The van der Waals surface area contributed by atoms with Crippen molar-refractivity contribution in [2.45, 2.75) is 6.92 Å². The van der Waals surface area contributed by atoms with Gasteiger partial charge in [0, 0.05) is 20.6 Å². The molecule has 1 aromatic carbocycles. The number of benzene rings is 1. The summed E-state index contributed by atoms with van der Waals surface area (Å²) < 4.78 is 0. The Morgan fingerprint density at radius 2 is 2.08 bits per heavy atom. The summed E-state index contributed by atoms with van der Waals surface area (Å²) in [6.45, 7) is 2.97. The molecule has 1 aromatic rings. The summed E-state index contributed by atoms with van der Waals surface area (Å²) in [6, 6.07) is 5.88. The SMILES string of the molecule is CCNc1cccc(Cl)c1N(C)C. The standard InChI is InChI=1S/C10H15ClN2/c1-4-12-9-7-5-6-8(11)10(9)13(2)3/h5-7,12H,4H2,1-3H3. The van der Waals surface area contributed by atoms with Crippen molar-refractivity contribution >= 4 is 23.0 Å². The van der Waals surface area contributed by atoms with Gasteiger partial charge in [-0.3, -0.25) is 0 Å². The Bertz CT molecular complexity index is 284. The van der Waals surface area contributed by atoms with E-state index in [9.17, 15) is 0 Å². The predicted octanol–water partition coefficient (Wildman–Crippen LogP) is 2.84. The number of hydrogen-bond donors (Lipinski definition) is 1. The fourth-order valence-corrected chi connectivity index (χ4v) is 1.65. The van der Waals surface area contributed by atoms with Crippen LogP contribution in [0.3, 0.4) is 0 Å². The van der Waals surface area contributed by atoms with Crippen molar-refractivity contribution in [3.63, 3.8) is 0 Å². The first kappa shape index (κ1) is 10.2. The number of halogens is 1. The van der Waals surface area contributed by atoms with Gasteiger partial charge in [0.1, 0.15) is 0 Å². The van der Waals surface area contributed by atoms with Gasteiger partial charge in [-0.25, -0.2) is 0 Å². The molecule has 2 nitrogen and oxygen atoms in total. The highest BCUT2D eigenvalue weighted by atomic mass is 35.5. The second-order valence-corrected chi connectivity index (χ2v) is 3.47. The molecule has 1 rings (SSSR count). The molecule has 0 bridgehead atoms. The monoisotopic (exact) mass is 198 g/mol. The van der Waals surface area contributed by atoms with Gasteiger partial charge in [0.25, 0.3) is 0 Å². The second kappa shape index (κ2) is 4.38. The fourth-order valence-electron chi connectivity index (χ4n) is 1.30. The lowest BCUT2D eigenvalue weighted by Crippen LogP contribution is -2.12. The summed E-state index contributed by atoms with van der Waals surface area (Å²) in [5, 5.41) is 4.05. The summed E-state index contributed by atoms with van der Waals surface area (Å²) in [7, 11) is 3.98. The highest BCUT2D eigenvalue weighted by Crippen LogP contribution is 2.32. The smallest absolute Gasteiger partial charge is 0.0786 e. The maximum absolute atomic E-state index is 6.08. The van der Waals surface area contributed by atoms with Gasteiger partial charge in [-0.2, -0.15) is 0 Å². The number of para-hydroxylation sites is 1. The Morgan fingerprint density at radius 3 is 2.62 bits per heavy atom. The number of hydrogen-bond acceptors (Lipinski definition) is 2. The molecule has 0 aliphatic rings. The quantitative estimate of drug-likeness (QED) is 0.804. The molecular weight excluding hydrogens is 184 g/mol. The minimum Gasteiger partial charge on any atom is -0.384 e. The summed E-state index contributed by atoms with van der Waals surface area (Å²) in [4.78, 5) is 2.01. The van der Waals surface area contributed by atoms with Gasteiger partial charge in [-0.05, 0) is 19.1 Å². The molecule has 0 atom stereocenters. The lowest BCUT2D eigenvalue weighted by atomic mass is 10.2. The Balaban J connectivity index is 3.10. The van der Waals surface area contributed by atoms with Crippen LogP contribution in [0.2, 0.25) is 5.02 Å². The molecule has 0 fully saturated rings. The molecular formula is C10H15ClN2. The van der Waals surface area contributed by atoms with Gasteiger partial charge >= 0.3 is 0 Å². The molecule has 0 saturated carbocycles. The van der Waals surface area contributed by atoms with Crippen LogP contribution in [0.4, 0.5) is 11.4 Å². The van der Waals surface area contributed by atoms with Gasteiger partial charge in [0.15, 0.2) is 0 Å². The minimum absolute atomic E-state index is 0.781. The Hall–Kier alpha value is -0.890. The van der Waals surface area contributed by atoms with E-state index in [1.165, 1.54) is 0 Å². The highest BCUT2D eigenvalue weighted by Gasteiger charge is 2.07. The molecule has 0 saturated heterocycles. The Kier molecular flexibility index (Phi) is 3.43. The third kappa shape index (κ3) is 2.28. The van der Waals surface area contributed by atoms with Gasteiger partial charge in [0.2, 0.25) is 0 Å². The van der Waals surface area contributed by atoms with Crippen molar-refractivity contribution < 1.29 is 0 Å². The van der Waals surface area contributed by atoms with Gasteiger partial charge < -0.3 is 10.2 Å². The lowest BCUT2D eigenvalue weighted by Gasteiger charge is -2.19. The van der Waals surface area contributed by atoms with Crippen LogP contribution >= 0.6 is 11.6 Å². The summed E-state index contributed by atoms with van der Waals surface area (Å²) in [5.41, 5.74) is 2.13. The summed E-state index contributed by atoms with van der Waals surface area (Å²) >= 11 is 6.08. The van der Waals surface area contributed by atoms with E-state index in [0.29, 0.717) is 0 Å². The molecule has 72 valence electrons. The second-order valence-electron chi connectivity index (χ2n) is 3.06. The minimum atomic E-state index is 0.781. The number of nitrogens with one attached hydrogen (secondary N) is 1. The van der Waals surface area contributed by atoms with Crippen LogP contribution in [0.15, 0.2) is 18.2 Å². The maximum atomic E-state index is 6.08. The molecule has 0 aliphatic carbocycles. The zero-order chi connectivity index (χ0) is 9.84. The Labute approximate surface area is 84.5 Å². The molecule has 3 heteroatoms. The van der Waals surface area contributed by atoms with Crippen molar-refractivity contribution in [3.8, 4) is 0 Å². The molecule has 13 heavy (non-hydrogen) atoms. The molecule has 1 N–H and O–H groups in total. The van der Waals surface area contributed by atoms with E-state index in [1.54, 1.807) is 0 Å². The van der Waals surface area contributed by atoms with Crippen molar-refractivity contribution in [3.05, 3.63) is 23.2 Å². The normalized spacial score (nSPS) is 9.85. The first-order chi connectivity index (χ1) is 6.16. The molecule has 0 amide bonds. The van der Waals surface area contributed by atoms with E-state index in [1.807, 2.05) is 37.2 Å².